The van der Waals surface area contributed by atoms with Gasteiger partial charge in [0.1, 0.15) is 11.6 Å². The number of rotatable bonds is 8. The van der Waals surface area contributed by atoms with E-state index in [2.05, 4.69) is 19.2 Å². The fourth-order valence-corrected chi connectivity index (χ4v) is 2.37. The van der Waals surface area contributed by atoms with E-state index in [0.717, 1.165) is 12.5 Å². The predicted molar refractivity (Wildman–Crippen MR) is 79.7 cm³/mol. The van der Waals surface area contributed by atoms with E-state index in [9.17, 15) is 13.6 Å². The van der Waals surface area contributed by atoms with Crippen molar-refractivity contribution < 1.29 is 13.6 Å². The van der Waals surface area contributed by atoms with E-state index < -0.39 is 11.6 Å². The monoisotopic (exact) mass is 298 g/mol. The first-order valence-electron chi connectivity index (χ1n) is 7.32. The highest BCUT2D eigenvalue weighted by Gasteiger charge is 2.13. The molecule has 0 saturated heterocycles. The lowest BCUT2D eigenvalue weighted by Crippen LogP contribution is -2.30. The zero-order valence-electron chi connectivity index (χ0n) is 12.7. The van der Waals surface area contributed by atoms with Crippen LogP contribution in [0.1, 0.15) is 32.3 Å². The molecule has 0 bridgehead atoms. The Labute approximate surface area is 124 Å². The molecule has 0 aliphatic carbocycles. The molecule has 118 valence electrons. The van der Waals surface area contributed by atoms with Crippen LogP contribution in [-0.4, -0.2) is 19.0 Å². The summed E-state index contributed by atoms with van der Waals surface area (Å²) in [5.41, 5.74) is 6.19. The SMILES string of the molecule is CC(C)C[C@H](CN)CC(=O)NCCc1cc(F)cc(F)c1. The molecule has 0 fully saturated rings. The molecular formula is C16H24F2N2O. The van der Waals surface area contributed by atoms with E-state index in [1.54, 1.807) is 0 Å². The second-order valence-electron chi connectivity index (χ2n) is 5.81. The molecule has 0 aliphatic rings. The molecule has 0 spiro atoms. The van der Waals surface area contributed by atoms with Crippen LogP contribution in [-0.2, 0) is 11.2 Å². The first-order valence-corrected chi connectivity index (χ1v) is 7.32. The summed E-state index contributed by atoms with van der Waals surface area (Å²) in [7, 11) is 0. The third-order valence-electron chi connectivity index (χ3n) is 3.27. The van der Waals surface area contributed by atoms with Gasteiger partial charge < -0.3 is 11.1 Å². The summed E-state index contributed by atoms with van der Waals surface area (Å²) < 4.78 is 26.0. The van der Waals surface area contributed by atoms with Gasteiger partial charge in [-0.25, -0.2) is 8.78 Å². The summed E-state index contributed by atoms with van der Waals surface area (Å²) >= 11 is 0. The van der Waals surface area contributed by atoms with E-state index in [0.29, 0.717) is 37.4 Å². The normalized spacial score (nSPS) is 12.5. The molecule has 1 atom stereocenters. The Kier molecular flexibility index (Phi) is 7.29. The maximum absolute atomic E-state index is 13.0. The van der Waals surface area contributed by atoms with Gasteiger partial charge in [0, 0.05) is 19.0 Å². The largest absolute Gasteiger partial charge is 0.356 e. The van der Waals surface area contributed by atoms with Crippen molar-refractivity contribution in [2.75, 3.05) is 13.1 Å². The van der Waals surface area contributed by atoms with Crippen molar-refractivity contribution in [2.45, 2.75) is 33.1 Å². The van der Waals surface area contributed by atoms with Crippen molar-refractivity contribution in [3.8, 4) is 0 Å². The molecule has 0 heterocycles. The van der Waals surface area contributed by atoms with Crippen molar-refractivity contribution >= 4 is 5.91 Å². The Morgan fingerprint density at radius 2 is 1.86 bits per heavy atom. The molecule has 5 heteroatoms. The number of nitrogens with one attached hydrogen (secondary N) is 1. The van der Waals surface area contributed by atoms with Gasteiger partial charge in [-0.3, -0.25) is 4.79 Å². The maximum atomic E-state index is 13.0. The van der Waals surface area contributed by atoms with Gasteiger partial charge in [0.05, 0.1) is 0 Å². The van der Waals surface area contributed by atoms with Gasteiger partial charge in [-0.1, -0.05) is 13.8 Å². The number of carbonyl (C=O) groups is 1. The molecule has 0 aromatic heterocycles. The zero-order valence-corrected chi connectivity index (χ0v) is 12.7. The smallest absolute Gasteiger partial charge is 0.220 e. The van der Waals surface area contributed by atoms with Crippen LogP contribution in [0, 0.1) is 23.5 Å². The number of hydrogen-bond acceptors (Lipinski definition) is 2. The fraction of sp³-hybridized carbons (Fsp3) is 0.562. The number of carbonyl (C=O) groups excluding carboxylic acids is 1. The summed E-state index contributed by atoms with van der Waals surface area (Å²) in [4.78, 5) is 11.8. The maximum Gasteiger partial charge on any atom is 0.220 e. The van der Waals surface area contributed by atoms with Crippen LogP contribution >= 0.6 is 0 Å². The van der Waals surface area contributed by atoms with Gasteiger partial charge in [-0.05, 0) is 48.9 Å². The molecule has 0 saturated carbocycles. The van der Waals surface area contributed by atoms with Crippen LogP contribution in [0.5, 0.6) is 0 Å². The molecule has 0 aliphatic heterocycles. The van der Waals surface area contributed by atoms with E-state index >= 15 is 0 Å². The van der Waals surface area contributed by atoms with Gasteiger partial charge in [-0.15, -0.1) is 0 Å². The second-order valence-corrected chi connectivity index (χ2v) is 5.81. The molecule has 3 N–H and O–H groups in total. The van der Waals surface area contributed by atoms with Crippen molar-refractivity contribution in [2.24, 2.45) is 17.6 Å². The summed E-state index contributed by atoms with van der Waals surface area (Å²) in [6, 6.07) is 3.38. The highest BCUT2D eigenvalue weighted by atomic mass is 19.1. The molecule has 1 rings (SSSR count). The Morgan fingerprint density at radius 1 is 1.24 bits per heavy atom. The highest BCUT2D eigenvalue weighted by molar-refractivity contribution is 5.76. The minimum absolute atomic E-state index is 0.0667. The molecule has 1 amide bonds. The number of nitrogens with two attached hydrogens (primary N) is 1. The van der Waals surface area contributed by atoms with E-state index in [4.69, 9.17) is 5.73 Å². The highest BCUT2D eigenvalue weighted by Crippen LogP contribution is 2.14. The van der Waals surface area contributed by atoms with Gasteiger partial charge >= 0.3 is 0 Å². The average Bonchev–Trinajstić information content (AvgIpc) is 2.36. The van der Waals surface area contributed by atoms with Crippen LogP contribution in [0.15, 0.2) is 18.2 Å². The number of halogens is 2. The van der Waals surface area contributed by atoms with E-state index in [-0.39, 0.29) is 11.8 Å². The Hall–Kier alpha value is -1.49. The molecular weight excluding hydrogens is 274 g/mol. The summed E-state index contributed by atoms with van der Waals surface area (Å²) in [6.45, 7) is 5.04. The van der Waals surface area contributed by atoms with Crippen LogP contribution in [0.4, 0.5) is 8.78 Å². The van der Waals surface area contributed by atoms with Crippen LogP contribution in [0.25, 0.3) is 0 Å². The summed E-state index contributed by atoms with van der Waals surface area (Å²) in [5.74, 6) is -0.589. The van der Waals surface area contributed by atoms with Gasteiger partial charge in [0.25, 0.3) is 0 Å². The second kappa shape index (κ2) is 8.72. The Balaban J connectivity index is 2.35. The Bertz CT molecular complexity index is 443. The number of benzene rings is 1. The minimum atomic E-state index is -0.601. The van der Waals surface area contributed by atoms with Gasteiger partial charge in [-0.2, -0.15) is 0 Å². The van der Waals surface area contributed by atoms with Gasteiger partial charge in [0.15, 0.2) is 0 Å². The third kappa shape index (κ3) is 7.18. The lowest BCUT2D eigenvalue weighted by atomic mass is 9.94. The molecule has 0 unspecified atom stereocenters. The first kappa shape index (κ1) is 17.6. The average molecular weight is 298 g/mol. The standard InChI is InChI=1S/C16H24F2N2O/c1-11(2)5-13(10-19)8-16(21)20-4-3-12-6-14(17)9-15(18)7-12/h6-7,9,11,13H,3-5,8,10,19H2,1-2H3,(H,20,21)/t13-/m0/s1. The van der Waals surface area contributed by atoms with E-state index in [1.165, 1.54) is 12.1 Å². The van der Waals surface area contributed by atoms with Crippen molar-refractivity contribution in [3.63, 3.8) is 0 Å². The molecule has 3 nitrogen and oxygen atoms in total. The molecule has 1 aromatic carbocycles. The number of amides is 1. The minimum Gasteiger partial charge on any atom is -0.356 e. The van der Waals surface area contributed by atoms with Crippen LogP contribution < -0.4 is 11.1 Å². The van der Waals surface area contributed by atoms with E-state index in [1.807, 2.05) is 0 Å². The predicted octanol–water partition coefficient (Wildman–Crippen LogP) is 2.63. The zero-order chi connectivity index (χ0) is 15.8. The quantitative estimate of drug-likeness (QED) is 0.775. The summed E-state index contributed by atoms with van der Waals surface area (Å²) in [6.07, 6.45) is 1.71. The van der Waals surface area contributed by atoms with Crippen LogP contribution in [0.2, 0.25) is 0 Å². The topological polar surface area (TPSA) is 55.1 Å². The fourth-order valence-electron chi connectivity index (χ4n) is 2.37. The van der Waals surface area contributed by atoms with Crippen molar-refractivity contribution in [1.29, 1.82) is 0 Å². The van der Waals surface area contributed by atoms with Crippen LogP contribution in [0.3, 0.4) is 0 Å². The lowest BCUT2D eigenvalue weighted by molar-refractivity contribution is -0.122. The number of hydrogen-bond donors (Lipinski definition) is 2. The molecule has 21 heavy (non-hydrogen) atoms. The third-order valence-corrected chi connectivity index (χ3v) is 3.27. The summed E-state index contributed by atoms with van der Waals surface area (Å²) in [5, 5.41) is 2.77. The van der Waals surface area contributed by atoms with Crippen molar-refractivity contribution in [1.82, 2.24) is 5.32 Å². The molecule has 1 aromatic rings. The van der Waals surface area contributed by atoms with Crippen molar-refractivity contribution in [3.05, 3.63) is 35.4 Å². The van der Waals surface area contributed by atoms with Gasteiger partial charge in [0.2, 0.25) is 5.91 Å². The lowest BCUT2D eigenvalue weighted by Gasteiger charge is -2.16. The Morgan fingerprint density at radius 3 is 2.38 bits per heavy atom. The molecule has 0 radical (unpaired) electrons. The first-order chi connectivity index (χ1) is 9.90.